The summed E-state index contributed by atoms with van der Waals surface area (Å²) in [6.45, 7) is 7.86. The maximum Gasteiger partial charge on any atom is 0.407 e. The Morgan fingerprint density at radius 2 is 1.96 bits per heavy atom. The maximum atomic E-state index is 12.4. The summed E-state index contributed by atoms with van der Waals surface area (Å²) in [4.78, 5) is 24.1. The molecule has 0 aromatic heterocycles. The van der Waals surface area contributed by atoms with E-state index < -0.39 is 27.6 Å². The van der Waals surface area contributed by atoms with Gasteiger partial charge < -0.3 is 15.0 Å². The molecule has 0 spiro atoms. The number of hydrogen-bond donors (Lipinski definition) is 1. The van der Waals surface area contributed by atoms with Crippen LogP contribution in [0.4, 0.5) is 16.2 Å². The number of rotatable bonds is 6. The minimum atomic E-state index is -1.23. The number of nitrogens with zero attached hydrogens (tertiary/aromatic N) is 3. The van der Waals surface area contributed by atoms with Crippen molar-refractivity contribution in [2.45, 2.75) is 26.4 Å². The number of carbonyl (C=O) groups is 1. The van der Waals surface area contributed by atoms with Crippen LogP contribution in [-0.4, -0.2) is 63.6 Å². The maximum absolute atomic E-state index is 12.4. The molecule has 1 aliphatic rings. The third kappa shape index (κ3) is 6.61. The fourth-order valence-corrected chi connectivity index (χ4v) is 3.96. The van der Waals surface area contributed by atoms with Gasteiger partial charge in [-0.15, -0.1) is 0 Å². The first-order valence-corrected chi connectivity index (χ1v) is 10.5. The highest BCUT2D eigenvalue weighted by Gasteiger charge is 2.23. The first kappa shape index (κ1) is 22.4. The van der Waals surface area contributed by atoms with E-state index >= 15 is 0 Å². The molecule has 0 saturated carbocycles. The lowest BCUT2D eigenvalue weighted by Gasteiger charge is -2.35. The Morgan fingerprint density at radius 1 is 1.32 bits per heavy atom. The largest absolute Gasteiger partial charge is 0.444 e. The van der Waals surface area contributed by atoms with Gasteiger partial charge in [0.1, 0.15) is 10.6 Å². The van der Waals surface area contributed by atoms with E-state index in [0.29, 0.717) is 37.6 Å². The van der Waals surface area contributed by atoms with Gasteiger partial charge in [0.25, 0.3) is 5.69 Å². The van der Waals surface area contributed by atoms with Crippen molar-refractivity contribution in [3.63, 3.8) is 0 Å². The van der Waals surface area contributed by atoms with Gasteiger partial charge in [0, 0.05) is 44.5 Å². The number of anilines is 1. The number of alkyl carbamates (subject to hydrolysis) is 1. The zero-order chi connectivity index (χ0) is 20.9. The Hall–Kier alpha value is -1.91. The Bertz CT molecular complexity index is 748. The van der Waals surface area contributed by atoms with E-state index in [1.807, 2.05) is 9.21 Å². The van der Waals surface area contributed by atoms with Gasteiger partial charge in [0.15, 0.2) is 0 Å². The fraction of sp³-hybridized carbons (Fsp3) is 0.588. The second-order valence-corrected chi connectivity index (χ2v) is 9.24. The summed E-state index contributed by atoms with van der Waals surface area (Å²) in [7, 11) is -1.23. The summed E-state index contributed by atoms with van der Waals surface area (Å²) in [5.41, 5.74) is 0.0163. The first-order chi connectivity index (χ1) is 13.1. The first-order valence-electron chi connectivity index (χ1n) is 8.86. The van der Waals surface area contributed by atoms with Crippen LogP contribution >= 0.6 is 11.6 Å². The van der Waals surface area contributed by atoms with Gasteiger partial charge in [0.05, 0.1) is 21.7 Å². The van der Waals surface area contributed by atoms with E-state index in [1.54, 1.807) is 26.8 Å². The van der Waals surface area contributed by atoms with Crippen LogP contribution < -0.4 is 10.2 Å². The molecule has 1 unspecified atom stereocenters. The molecular formula is C17H25ClN4O5S. The second-order valence-electron chi connectivity index (χ2n) is 7.26. The highest BCUT2D eigenvalue weighted by Crippen LogP contribution is 2.29. The van der Waals surface area contributed by atoms with E-state index in [0.717, 1.165) is 0 Å². The van der Waals surface area contributed by atoms with Crippen LogP contribution in [-0.2, 0) is 15.7 Å². The molecule has 0 aliphatic carbocycles. The van der Waals surface area contributed by atoms with Crippen molar-refractivity contribution in [2.24, 2.45) is 0 Å². The SMILES string of the molecule is CC(C)(C)OC(=O)NCCS(=O)N1CCN(c2ccc(Cl)c([N+](=O)[O-])c2)CC1. The highest BCUT2D eigenvalue weighted by molar-refractivity contribution is 7.82. The number of ether oxygens (including phenoxy) is 1. The van der Waals surface area contributed by atoms with Crippen molar-refractivity contribution in [3.8, 4) is 0 Å². The Kier molecular flexibility index (Phi) is 7.62. The third-order valence-corrected chi connectivity index (χ3v) is 5.78. The summed E-state index contributed by atoms with van der Waals surface area (Å²) in [6, 6.07) is 4.72. The third-order valence-electron chi connectivity index (χ3n) is 3.96. The van der Waals surface area contributed by atoms with Gasteiger partial charge in [-0.3, -0.25) is 10.1 Å². The molecule has 1 heterocycles. The monoisotopic (exact) mass is 432 g/mol. The Balaban J connectivity index is 1.80. The summed E-state index contributed by atoms with van der Waals surface area (Å²) < 4.78 is 19.4. The molecule has 9 nitrogen and oxygen atoms in total. The standard InChI is InChI=1S/C17H25ClN4O5S/c1-17(2,3)27-16(23)19-6-11-28(26)21-9-7-20(8-10-21)13-4-5-14(18)15(12-13)22(24)25/h4-5,12H,6-11H2,1-3H3,(H,19,23). The van der Waals surface area contributed by atoms with Crippen LogP contribution in [0.1, 0.15) is 20.8 Å². The molecule has 1 fully saturated rings. The number of nitro benzene ring substituents is 1. The molecule has 1 aromatic rings. The second kappa shape index (κ2) is 9.53. The normalized spacial score (nSPS) is 16.5. The number of nitrogens with one attached hydrogen (secondary N) is 1. The topological polar surface area (TPSA) is 105 Å². The average molecular weight is 433 g/mol. The van der Waals surface area contributed by atoms with Crippen molar-refractivity contribution in [1.82, 2.24) is 9.62 Å². The molecule has 1 saturated heterocycles. The lowest BCUT2D eigenvalue weighted by molar-refractivity contribution is -0.384. The Labute approximate surface area is 171 Å². The minimum Gasteiger partial charge on any atom is -0.444 e. The number of benzene rings is 1. The van der Waals surface area contributed by atoms with E-state index in [-0.39, 0.29) is 17.3 Å². The van der Waals surface area contributed by atoms with Crippen LogP contribution in [0.2, 0.25) is 5.02 Å². The molecule has 156 valence electrons. The average Bonchev–Trinajstić information content (AvgIpc) is 2.60. The van der Waals surface area contributed by atoms with Crippen molar-refractivity contribution in [2.75, 3.05) is 43.4 Å². The molecule has 2 rings (SSSR count). The van der Waals surface area contributed by atoms with Crippen LogP contribution in [0.3, 0.4) is 0 Å². The lowest BCUT2D eigenvalue weighted by atomic mass is 10.2. The van der Waals surface area contributed by atoms with Crippen molar-refractivity contribution < 1.29 is 18.7 Å². The van der Waals surface area contributed by atoms with E-state index in [1.165, 1.54) is 12.1 Å². The van der Waals surface area contributed by atoms with E-state index in [2.05, 4.69) is 5.32 Å². The Morgan fingerprint density at radius 3 is 2.54 bits per heavy atom. The number of halogens is 1. The van der Waals surface area contributed by atoms with Crippen LogP contribution in [0.15, 0.2) is 18.2 Å². The fourth-order valence-electron chi connectivity index (χ4n) is 2.67. The number of amides is 1. The molecule has 1 aromatic carbocycles. The molecule has 0 bridgehead atoms. The molecule has 1 amide bonds. The minimum absolute atomic E-state index is 0.103. The molecule has 11 heteroatoms. The van der Waals surface area contributed by atoms with Crippen molar-refractivity contribution in [3.05, 3.63) is 33.3 Å². The zero-order valence-corrected chi connectivity index (χ0v) is 17.7. The number of hydrogen-bond acceptors (Lipinski definition) is 6. The molecule has 0 radical (unpaired) electrons. The molecule has 1 N–H and O–H groups in total. The highest BCUT2D eigenvalue weighted by atomic mass is 35.5. The van der Waals surface area contributed by atoms with Gasteiger partial charge in [0.2, 0.25) is 0 Å². The molecule has 1 aliphatic heterocycles. The van der Waals surface area contributed by atoms with Crippen molar-refractivity contribution >= 4 is 40.1 Å². The van der Waals surface area contributed by atoms with Gasteiger partial charge in [-0.25, -0.2) is 13.3 Å². The van der Waals surface area contributed by atoms with Crippen LogP contribution in [0, 0.1) is 10.1 Å². The van der Waals surface area contributed by atoms with Crippen molar-refractivity contribution in [1.29, 1.82) is 0 Å². The number of carbonyl (C=O) groups excluding carboxylic acids is 1. The van der Waals surface area contributed by atoms with Gasteiger partial charge in [-0.05, 0) is 32.9 Å². The van der Waals surface area contributed by atoms with E-state index in [9.17, 15) is 19.1 Å². The van der Waals surface area contributed by atoms with Crippen LogP contribution in [0.25, 0.3) is 0 Å². The predicted octanol–water partition coefficient (Wildman–Crippen LogP) is 2.56. The number of piperazine rings is 1. The van der Waals surface area contributed by atoms with Crippen LogP contribution in [0.5, 0.6) is 0 Å². The smallest absolute Gasteiger partial charge is 0.407 e. The summed E-state index contributed by atoms with van der Waals surface area (Å²) >= 11 is 5.85. The zero-order valence-electron chi connectivity index (χ0n) is 16.1. The van der Waals surface area contributed by atoms with Gasteiger partial charge in [-0.2, -0.15) is 0 Å². The number of nitro groups is 1. The summed E-state index contributed by atoms with van der Waals surface area (Å²) in [6.07, 6.45) is -0.529. The quantitative estimate of drug-likeness (QED) is 0.547. The summed E-state index contributed by atoms with van der Waals surface area (Å²) in [5, 5.41) is 13.7. The summed E-state index contributed by atoms with van der Waals surface area (Å²) in [5.74, 6) is 0.297. The van der Waals surface area contributed by atoms with E-state index in [4.69, 9.17) is 16.3 Å². The van der Waals surface area contributed by atoms with Gasteiger partial charge >= 0.3 is 6.09 Å². The lowest BCUT2D eigenvalue weighted by Crippen LogP contribution is -2.48. The molecule has 1 atom stereocenters. The predicted molar refractivity (Wildman–Crippen MR) is 109 cm³/mol. The van der Waals surface area contributed by atoms with Gasteiger partial charge in [-0.1, -0.05) is 11.6 Å². The molecular weight excluding hydrogens is 408 g/mol. The molecule has 28 heavy (non-hydrogen) atoms.